The Balaban J connectivity index is 2.36. The van der Waals surface area contributed by atoms with E-state index in [1.165, 1.54) is 4.90 Å². The molecule has 0 aliphatic carbocycles. The Hall–Kier alpha value is -2.39. The molecular formula is C22H28BrN3O4S. The predicted molar refractivity (Wildman–Crippen MR) is 126 cm³/mol. The zero-order valence-electron chi connectivity index (χ0n) is 18.1. The third-order valence-corrected chi connectivity index (χ3v) is 6.20. The first kappa shape index (κ1) is 24.9. The first-order valence-electron chi connectivity index (χ1n) is 9.86. The number of hydrogen-bond acceptors (Lipinski definition) is 4. The average molecular weight is 510 g/mol. The van der Waals surface area contributed by atoms with Crippen LogP contribution in [0.3, 0.4) is 0 Å². The van der Waals surface area contributed by atoms with Crippen molar-refractivity contribution in [1.82, 2.24) is 10.2 Å². The molecule has 0 aliphatic rings. The molecule has 0 spiro atoms. The largest absolute Gasteiger partial charge is 0.352 e. The molecule has 168 valence electrons. The van der Waals surface area contributed by atoms with E-state index in [2.05, 4.69) is 21.2 Å². The molecule has 2 aromatic rings. The number of carbonyl (C=O) groups is 2. The van der Waals surface area contributed by atoms with E-state index in [1.54, 1.807) is 31.2 Å². The highest BCUT2D eigenvalue weighted by atomic mass is 79.9. The number of carbonyl (C=O) groups excluding carboxylic acids is 2. The van der Waals surface area contributed by atoms with Crippen molar-refractivity contribution in [2.24, 2.45) is 0 Å². The van der Waals surface area contributed by atoms with Crippen LogP contribution in [-0.4, -0.2) is 50.0 Å². The summed E-state index contributed by atoms with van der Waals surface area (Å²) in [4.78, 5) is 27.4. The van der Waals surface area contributed by atoms with Crippen LogP contribution in [0.25, 0.3) is 0 Å². The number of sulfonamides is 1. The van der Waals surface area contributed by atoms with Gasteiger partial charge in [-0.25, -0.2) is 8.42 Å². The molecular weight excluding hydrogens is 482 g/mol. The van der Waals surface area contributed by atoms with Crippen LogP contribution in [0.5, 0.6) is 0 Å². The monoisotopic (exact) mass is 509 g/mol. The SMILES string of the molecule is CC(C)NC(=O)[C@@H](C)N(Cc1ccccc1)C(=O)CN(c1cccc(Br)c1)S(C)(=O)=O. The molecule has 0 radical (unpaired) electrons. The molecule has 0 saturated heterocycles. The van der Waals surface area contributed by atoms with Crippen molar-refractivity contribution in [3.63, 3.8) is 0 Å². The molecule has 0 unspecified atom stereocenters. The van der Waals surface area contributed by atoms with Crippen LogP contribution in [0, 0.1) is 0 Å². The van der Waals surface area contributed by atoms with Crippen molar-refractivity contribution in [3.05, 3.63) is 64.6 Å². The standard InChI is InChI=1S/C22H28BrN3O4S/c1-16(2)24-22(28)17(3)25(14-18-9-6-5-7-10-18)21(27)15-26(31(4,29)30)20-12-8-11-19(23)13-20/h5-13,16-17H,14-15H2,1-4H3,(H,24,28)/t17-/m1/s1. The van der Waals surface area contributed by atoms with E-state index < -0.39 is 28.5 Å². The van der Waals surface area contributed by atoms with E-state index in [4.69, 9.17) is 0 Å². The Labute approximate surface area is 192 Å². The van der Waals surface area contributed by atoms with Gasteiger partial charge < -0.3 is 10.2 Å². The van der Waals surface area contributed by atoms with Crippen LogP contribution in [0.15, 0.2) is 59.1 Å². The number of nitrogens with one attached hydrogen (secondary N) is 1. The quantitative estimate of drug-likeness (QED) is 0.562. The summed E-state index contributed by atoms with van der Waals surface area (Å²) in [5.74, 6) is -0.770. The van der Waals surface area contributed by atoms with Gasteiger partial charge >= 0.3 is 0 Å². The fourth-order valence-corrected chi connectivity index (χ4v) is 4.24. The van der Waals surface area contributed by atoms with E-state index in [1.807, 2.05) is 44.2 Å². The molecule has 0 heterocycles. The summed E-state index contributed by atoms with van der Waals surface area (Å²) >= 11 is 3.33. The number of halogens is 1. The summed E-state index contributed by atoms with van der Waals surface area (Å²) in [5, 5.41) is 2.82. The highest BCUT2D eigenvalue weighted by molar-refractivity contribution is 9.10. The normalized spacial score (nSPS) is 12.3. The van der Waals surface area contributed by atoms with Gasteiger partial charge in [-0.05, 0) is 44.5 Å². The van der Waals surface area contributed by atoms with Crippen molar-refractivity contribution in [2.45, 2.75) is 39.4 Å². The lowest BCUT2D eigenvalue weighted by molar-refractivity contribution is -0.139. The van der Waals surface area contributed by atoms with Crippen molar-refractivity contribution >= 4 is 43.5 Å². The summed E-state index contributed by atoms with van der Waals surface area (Å²) in [5.41, 5.74) is 1.21. The van der Waals surface area contributed by atoms with Crippen molar-refractivity contribution in [3.8, 4) is 0 Å². The van der Waals surface area contributed by atoms with Crippen LogP contribution < -0.4 is 9.62 Å². The van der Waals surface area contributed by atoms with E-state index in [-0.39, 0.29) is 18.5 Å². The lowest BCUT2D eigenvalue weighted by atomic mass is 10.1. The Morgan fingerprint density at radius 3 is 2.23 bits per heavy atom. The molecule has 2 amide bonds. The fourth-order valence-electron chi connectivity index (χ4n) is 3.01. The molecule has 9 heteroatoms. The van der Waals surface area contributed by atoms with Gasteiger partial charge in [0.15, 0.2) is 0 Å². The Kier molecular flexibility index (Phi) is 8.64. The summed E-state index contributed by atoms with van der Waals surface area (Å²) in [6, 6.07) is 15.1. The van der Waals surface area contributed by atoms with Gasteiger partial charge in [0.05, 0.1) is 11.9 Å². The lowest BCUT2D eigenvalue weighted by Gasteiger charge is -2.32. The molecule has 2 aromatic carbocycles. The summed E-state index contributed by atoms with van der Waals surface area (Å²) in [7, 11) is -3.74. The number of hydrogen-bond donors (Lipinski definition) is 1. The first-order valence-corrected chi connectivity index (χ1v) is 12.5. The molecule has 31 heavy (non-hydrogen) atoms. The number of nitrogens with zero attached hydrogens (tertiary/aromatic N) is 2. The minimum absolute atomic E-state index is 0.0854. The molecule has 2 rings (SSSR count). The summed E-state index contributed by atoms with van der Waals surface area (Å²) < 4.78 is 26.7. The zero-order chi connectivity index (χ0) is 23.2. The second kappa shape index (κ2) is 10.8. The third-order valence-electron chi connectivity index (χ3n) is 4.57. The van der Waals surface area contributed by atoms with Gasteiger partial charge in [0.1, 0.15) is 12.6 Å². The Bertz CT molecular complexity index is 1010. The van der Waals surface area contributed by atoms with Crippen molar-refractivity contribution < 1.29 is 18.0 Å². The number of rotatable bonds is 9. The van der Waals surface area contributed by atoms with E-state index >= 15 is 0 Å². The second-order valence-electron chi connectivity index (χ2n) is 7.60. The van der Waals surface area contributed by atoms with Gasteiger partial charge in [-0.15, -0.1) is 0 Å². The van der Waals surface area contributed by atoms with Crippen LogP contribution >= 0.6 is 15.9 Å². The third kappa shape index (κ3) is 7.36. The van der Waals surface area contributed by atoms with Gasteiger partial charge in [0.25, 0.3) is 0 Å². The maximum Gasteiger partial charge on any atom is 0.244 e. The van der Waals surface area contributed by atoms with Crippen molar-refractivity contribution in [1.29, 1.82) is 0 Å². The minimum atomic E-state index is -3.74. The summed E-state index contributed by atoms with van der Waals surface area (Å²) in [6.07, 6.45) is 1.05. The van der Waals surface area contributed by atoms with Gasteiger partial charge in [0, 0.05) is 17.1 Å². The van der Waals surface area contributed by atoms with Crippen LogP contribution in [0.1, 0.15) is 26.3 Å². The molecule has 0 bridgehead atoms. The maximum absolute atomic E-state index is 13.3. The fraction of sp³-hybridized carbons (Fsp3) is 0.364. The molecule has 0 aromatic heterocycles. The van der Waals surface area contributed by atoms with E-state index in [0.29, 0.717) is 10.2 Å². The number of amides is 2. The van der Waals surface area contributed by atoms with Crippen LogP contribution in [0.2, 0.25) is 0 Å². The molecule has 7 nitrogen and oxygen atoms in total. The van der Waals surface area contributed by atoms with Gasteiger partial charge in [-0.3, -0.25) is 13.9 Å². The highest BCUT2D eigenvalue weighted by Crippen LogP contribution is 2.23. The first-order chi connectivity index (χ1) is 14.5. The topological polar surface area (TPSA) is 86.8 Å². The molecule has 0 aliphatic heterocycles. The van der Waals surface area contributed by atoms with Crippen LogP contribution in [0.4, 0.5) is 5.69 Å². The molecule has 0 saturated carbocycles. The van der Waals surface area contributed by atoms with Gasteiger partial charge in [0.2, 0.25) is 21.8 Å². The molecule has 1 N–H and O–H groups in total. The smallest absolute Gasteiger partial charge is 0.244 e. The highest BCUT2D eigenvalue weighted by Gasteiger charge is 2.30. The van der Waals surface area contributed by atoms with E-state index in [0.717, 1.165) is 16.1 Å². The summed E-state index contributed by atoms with van der Waals surface area (Å²) in [6.45, 7) is 5.09. The number of anilines is 1. The Morgan fingerprint density at radius 1 is 1.03 bits per heavy atom. The lowest BCUT2D eigenvalue weighted by Crippen LogP contribution is -2.52. The number of benzene rings is 2. The zero-order valence-corrected chi connectivity index (χ0v) is 20.5. The van der Waals surface area contributed by atoms with E-state index in [9.17, 15) is 18.0 Å². The average Bonchev–Trinajstić information content (AvgIpc) is 2.69. The molecule has 1 atom stereocenters. The van der Waals surface area contributed by atoms with Gasteiger partial charge in [-0.2, -0.15) is 0 Å². The maximum atomic E-state index is 13.3. The Morgan fingerprint density at radius 2 is 1.68 bits per heavy atom. The molecule has 0 fully saturated rings. The second-order valence-corrected chi connectivity index (χ2v) is 10.4. The predicted octanol–water partition coefficient (Wildman–Crippen LogP) is 3.16. The van der Waals surface area contributed by atoms with Gasteiger partial charge in [-0.1, -0.05) is 52.3 Å². The minimum Gasteiger partial charge on any atom is -0.352 e. The van der Waals surface area contributed by atoms with Crippen LogP contribution in [-0.2, 0) is 26.2 Å². The van der Waals surface area contributed by atoms with Crippen molar-refractivity contribution in [2.75, 3.05) is 17.1 Å².